The molecule has 2 aromatic rings. The van der Waals surface area contributed by atoms with E-state index in [1.807, 2.05) is 42.2 Å². The number of unbranched alkanes of at least 4 members (excludes halogenated alkanes) is 1. The highest BCUT2D eigenvalue weighted by atomic mass is 32.2. The third kappa shape index (κ3) is 5.60. The number of hydrogen-bond donors (Lipinski definition) is 2. The number of aliphatic imine (C=N–C) groups is 1. The number of amides is 1. The summed E-state index contributed by atoms with van der Waals surface area (Å²) in [5.41, 5.74) is 9.65. The smallest absolute Gasteiger partial charge is 0.256 e. The quantitative estimate of drug-likeness (QED) is 0.229. The number of allylic oxidation sites excluding steroid dienone is 1. The molecule has 1 atom stereocenters. The lowest BCUT2D eigenvalue weighted by Crippen LogP contribution is -2.40. The number of aliphatic hydroxyl groups is 1. The van der Waals surface area contributed by atoms with Crippen LogP contribution in [-0.4, -0.2) is 37.3 Å². The number of hydrogen-bond acceptors (Lipinski definition) is 4. The molecule has 8 heteroatoms. The van der Waals surface area contributed by atoms with Gasteiger partial charge in [-0.3, -0.25) is 14.7 Å². The molecule has 2 aromatic carbocycles. The van der Waals surface area contributed by atoms with Crippen molar-refractivity contribution in [2.45, 2.75) is 89.6 Å². The number of nitrogens with two attached hydrogens (primary N) is 1. The van der Waals surface area contributed by atoms with E-state index in [9.17, 15) is 14.1 Å². The number of amidine groups is 2. The highest BCUT2D eigenvalue weighted by Gasteiger charge is 2.49. The van der Waals surface area contributed by atoms with Crippen LogP contribution in [0.25, 0.3) is 11.1 Å². The Balaban J connectivity index is 1.61. The second-order valence-corrected chi connectivity index (χ2v) is 11.5. The van der Waals surface area contributed by atoms with Crippen LogP contribution >= 0.6 is 0 Å². The van der Waals surface area contributed by atoms with Crippen LogP contribution in [-0.2, 0) is 22.3 Å². The molecule has 1 amide bonds. The van der Waals surface area contributed by atoms with E-state index < -0.39 is 16.5 Å². The Labute approximate surface area is 228 Å². The van der Waals surface area contributed by atoms with E-state index in [0.717, 1.165) is 73.0 Å². The van der Waals surface area contributed by atoms with Crippen molar-refractivity contribution in [3.05, 3.63) is 64.9 Å². The summed E-state index contributed by atoms with van der Waals surface area (Å²) in [5.74, 6) is 1.17. The first-order valence-electron chi connectivity index (χ1n) is 13.4. The van der Waals surface area contributed by atoms with Crippen LogP contribution in [0.3, 0.4) is 0 Å². The standard InChI is InChI=1S/C30H38N4O3S/c1-5-6-13-27-32-30(16-9-10-17-30)29(36)34(27)19-24-15-14-23(18-20(24)2)25-11-7-8-12-26(25)38(37)33-28(31)21(3)22(4)35/h7-8,11-12,14-15,18,35H,5-6,9-10,13,16-17,19H2,1-4H3,(H2,31,33)/b22-21-. The van der Waals surface area contributed by atoms with Gasteiger partial charge in [-0.05, 0) is 68.4 Å². The fourth-order valence-corrected chi connectivity index (χ4v) is 6.14. The van der Waals surface area contributed by atoms with Crippen molar-refractivity contribution in [3.8, 4) is 11.1 Å². The second-order valence-electron chi connectivity index (χ2n) is 10.3. The number of aliphatic hydroxyl groups excluding tert-OH is 1. The second kappa shape index (κ2) is 11.6. The molecule has 1 unspecified atom stereocenters. The summed E-state index contributed by atoms with van der Waals surface area (Å²) in [7, 11) is -1.75. The minimum absolute atomic E-state index is 0.0421. The van der Waals surface area contributed by atoms with Crippen molar-refractivity contribution < 1.29 is 14.1 Å². The maximum Gasteiger partial charge on any atom is 0.256 e. The summed E-state index contributed by atoms with van der Waals surface area (Å²) in [6.07, 6.45) is 6.73. The lowest BCUT2D eigenvalue weighted by Gasteiger charge is -2.23. The van der Waals surface area contributed by atoms with Crippen LogP contribution in [0.15, 0.2) is 68.1 Å². The molecule has 1 fully saturated rings. The molecular weight excluding hydrogens is 496 g/mol. The molecule has 1 heterocycles. The first kappa shape index (κ1) is 27.8. The Morgan fingerprint density at radius 3 is 2.55 bits per heavy atom. The van der Waals surface area contributed by atoms with Crippen molar-refractivity contribution >= 4 is 28.6 Å². The van der Waals surface area contributed by atoms with Gasteiger partial charge in [0.2, 0.25) is 0 Å². The fraction of sp³-hybridized carbons (Fsp3) is 0.433. The highest BCUT2D eigenvalue weighted by Crippen LogP contribution is 2.40. The molecule has 0 saturated heterocycles. The summed E-state index contributed by atoms with van der Waals surface area (Å²) < 4.78 is 17.3. The summed E-state index contributed by atoms with van der Waals surface area (Å²) in [5, 5.41) is 9.69. The van der Waals surface area contributed by atoms with E-state index in [0.29, 0.717) is 17.0 Å². The van der Waals surface area contributed by atoms with Gasteiger partial charge in [0.05, 0.1) is 17.2 Å². The highest BCUT2D eigenvalue weighted by molar-refractivity contribution is 7.84. The maximum atomic E-state index is 13.5. The van der Waals surface area contributed by atoms with Crippen molar-refractivity contribution in [3.63, 3.8) is 0 Å². The zero-order chi connectivity index (χ0) is 27.4. The summed E-state index contributed by atoms with van der Waals surface area (Å²) >= 11 is 0. The largest absolute Gasteiger partial charge is 0.512 e. The van der Waals surface area contributed by atoms with Crippen LogP contribution < -0.4 is 5.73 Å². The molecule has 1 aliphatic heterocycles. The predicted molar refractivity (Wildman–Crippen MR) is 154 cm³/mol. The van der Waals surface area contributed by atoms with Gasteiger partial charge in [0, 0.05) is 12.0 Å². The topological polar surface area (TPSA) is 108 Å². The number of nitrogens with zero attached hydrogens (tertiary/aromatic N) is 3. The van der Waals surface area contributed by atoms with E-state index in [1.165, 1.54) is 6.92 Å². The molecule has 4 rings (SSSR count). The molecule has 1 saturated carbocycles. The van der Waals surface area contributed by atoms with Gasteiger partial charge in [0.1, 0.15) is 17.2 Å². The van der Waals surface area contributed by atoms with Crippen LogP contribution in [0.1, 0.15) is 76.8 Å². The average Bonchev–Trinajstić information content (AvgIpc) is 3.48. The number of aryl methyl sites for hydroxylation is 1. The van der Waals surface area contributed by atoms with Gasteiger partial charge in [-0.15, -0.1) is 0 Å². The molecule has 38 heavy (non-hydrogen) atoms. The van der Waals surface area contributed by atoms with Crippen LogP contribution in [0.4, 0.5) is 0 Å². The molecule has 202 valence electrons. The van der Waals surface area contributed by atoms with E-state index in [2.05, 4.69) is 17.4 Å². The molecule has 3 N–H and O–H groups in total. The minimum Gasteiger partial charge on any atom is -0.512 e. The van der Waals surface area contributed by atoms with Gasteiger partial charge >= 0.3 is 0 Å². The predicted octanol–water partition coefficient (Wildman–Crippen LogP) is 6.14. The normalized spacial score (nSPS) is 18.6. The first-order valence-corrected chi connectivity index (χ1v) is 14.5. The third-order valence-electron chi connectivity index (χ3n) is 7.65. The Morgan fingerprint density at radius 2 is 1.89 bits per heavy atom. The number of carbonyl (C=O) groups is 1. The Bertz CT molecular complexity index is 1330. The van der Waals surface area contributed by atoms with Crippen molar-refractivity contribution in [1.29, 1.82) is 0 Å². The zero-order valence-electron chi connectivity index (χ0n) is 22.8. The SMILES string of the molecule is CCCCC1=NC2(CCCC2)C(=O)N1Cc1ccc(-c2ccccc2S(=O)/N=C(N)/C(C)=C(/C)O)cc1C. The monoisotopic (exact) mass is 534 g/mol. The van der Waals surface area contributed by atoms with Crippen LogP contribution in [0.5, 0.6) is 0 Å². The van der Waals surface area contributed by atoms with Crippen LogP contribution in [0, 0.1) is 6.92 Å². The summed E-state index contributed by atoms with van der Waals surface area (Å²) in [6, 6.07) is 13.5. The number of carbonyl (C=O) groups excluding carboxylic acids is 1. The average molecular weight is 535 g/mol. The van der Waals surface area contributed by atoms with E-state index >= 15 is 0 Å². The zero-order valence-corrected chi connectivity index (χ0v) is 23.6. The Morgan fingerprint density at radius 1 is 1.18 bits per heavy atom. The van der Waals surface area contributed by atoms with Gasteiger partial charge in [0.15, 0.2) is 11.0 Å². The number of benzene rings is 2. The maximum absolute atomic E-state index is 13.5. The molecule has 0 bridgehead atoms. The van der Waals surface area contributed by atoms with Crippen molar-refractivity contribution in [2.24, 2.45) is 15.1 Å². The molecule has 1 aliphatic carbocycles. The molecule has 2 aliphatic rings. The summed E-state index contributed by atoms with van der Waals surface area (Å²) in [4.78, 5) is 21.0. The van der Waals surface area contributed by atoms with Gasteiger partial charge in [0.25, 0.3) is 5.91 Å². The van der Waals surface area contributed by atoms with Crippen molar-refractivity contribution in [2.75, 3.05) is 0 Å². The van der Waals surface area contributed by atoms with E-state index in [-0.39, 0.29) is 17.5 Å². The Hall–Kier alpha value is -3.26. The first-order chi connectivity index (χ1) is 18.2. The summed E-state index contributed by atoms with van der Waals surface area (Å²) in [6.45, 7) is 7.86. The van der Waals surface area contributed by atoms with E-state index in [1.54, 1.807) is 13.0 Å². The van der Waals surface area contributed by atoms with Gasteiger partial charge in [-0.2, -0.15) is 4.40 Å². The Kier molecular flexibility index (Phi) is 8.51. The molecule has 1 spiro atoms. The van der Waals surface area contributed by atoms with Gasteiger partial charge < -0.3 is 10.8 Å². The molecular formula is C30H38N4O3S. The molecule has 7 nitrogen and oxygen atoms in total. The van der Waals surface area contributed by atoms with E-state index in [4.69, 9.17) is 10.7 Å². The molecule has 0 aromatic heterocycles. The lowest BCUT2D eigenvalue weighted by molar-refractivity contribution is -0.131. The molecule has 0 radical (unpaired) electrons. The minimum atomic E-state index is -1.75. The third-order valence-corrected chi connectivity index (χ3v) is 8.74. The van der Waals surface area contributed by atoms with Crippen molar-refractivity contribution in [1.82, 2.24) is 4.90 Å². The van der Waals surface area contributed by atoms with Gasteiger partial charge in [-0.1, -0.05) is 62.6 Å². The van der Waals surface area contributed by atoms with Gasteiger partial charge in [-0.25, -0.2) is 4.21 Å². The fourth-order valence-electron chi connectivity index (χ4n) is 5.16. The number of rotatable bonds is 9. The lowest BCUT2D eigenvalue weighted by atomic mass is 9.97. The van der Waals surface area contributed by atoms with Crippen LogP contribution in [0.2, 0.25) is 0 Å².